The number of benzene rings is 1. The van der Waals surface area contributed by atoms with Crippen molar-refractivity contribution in [3.8, 4) is 0 Å². The van der Waals surface area contributed by atoms with Gasteiger partial charge in [0.25, 0.3) is 5.91 Å². The number of carbonyl (C=O) groups excluding carboxylic acids is 2. The SMILES string of the molecule is CCC1CCC(NC(=O)c2ccc(NC(=O)NC(C)C)cc2)CC1. The molecule has 0 unspecified atom stereocenters. The van der Waals surface area contributed by atoms with Crippen molar-refractivity contribution < 1.29 is 9.59 Å². The van der Waals surface area contributed by atoms with E-state index in [4.69, 9.17) is 0 Å². The molecule has 1 aromatic rings. The molecular formula is C19H29N3O2. The lowest BCUT2D eigenvalue weighted by Gasteiger charge is -2.28. The number of hydrogen-bond acceptors (Lipinski definition) is 2. The number of anilines is 1. The zero-order chi connectivity index (χ0) is 17.5. The molecule has 0 atom stereocenters. The highest BCUT2D eigenvalue weighted by Gasteiger charge is 2.21. The Hall–Kier alpha value is -2.04. The Morgan fingerprint density at radius 1 is 1.08 bits per heavy atom. The normalized spacial score (nSPS) is 20.5. The number of nitrogens with one attached hydrogen (secondary N) is 3. The van der Waals surface area contributed by atoms with Crippen LogP contribution >= 0.6 is 0 Å². The van der Waals surface area contributed by atoms with E-state index in [2.05, 4.69) is 22.9 Å². The molecule has 1 saturated carbocycles. The third-order valence-electron chi connectivity index (χ3n) is 4.58. The second-order valence-electron chi connectivity index (χ2n) is 6.93. The van der Waals surface area contributed by atoms with Gasteiger partial charge in [0, 0.05) is 23.3 Å². The maximum atomic E-state index is 12.3. The van der Waals surface area contributed by atoms with Crippen molar-refractivity contribution in [2.45, 2.75) is 65.0 Å². The van der Waals surface area contributed by atoms with E-state index in [9.17, 15) is 9.59 Å². The lowest BCUT2D eigenvalue weighted by atomic mass is 9.84. The second-order valence-corrected chi connectivity index (χ2v) is 6.93. The van der Waals surface area contributed by atoms with E-state index in [1.807, 2.05) is 13.8 Å². The summed E-state index contributed by atoms with van der Waals surface area (Å²) in [5, 5.41) is 8.64. The van der Waals surface area contributed by atoms with Gasteiger partial charge in [-0.2, -0.15) is 0 Å². The van der Waals surface area contributed by atoms with Gasteiger partial charge in [-0.25, -0.2) is 4.79 Å². The monoisotopic (exact) mass is 331 g/mol. The van der Waals surface area contributed by atoms with Gasteiger partial charge in [-0.15, -0.1) is 0 Å². The molecule has 5 heteroatoms. The molecule has 0 heterocycles. The van der Waals surface area contributed by atoms with E-state index >= 15 is 0 Å². The summed E-state index contributed by atoms with van der Waals surface area (Å²) in [6.45, 7) is 6.04. The summed E-state index contributed by atoms with van der Waals surface area (Å²) in [6, 6.07) is 7.13. The van der Waals surface area contributed by atoms with Crippen molar-refractivity contribution in [1.82, 2.24) is 10.6 Å². The average Bonchev–Trinajstić information content (AvgIpc) is 2.55. The lowest BCUT2D eigenvalue weighted by molar-refractivity contribution is 0.0921. The molecule has 132 valence electrons. The van der Waals surface area contributed by atoms with Gasteiger partial charge in [0.05, 0.1) is 0 Å². The maximum Gasteiger partial charge on any atom is 0.319 e. The summed E-state index contributed by atoms with van der Waals surface area (Å²) in [6.07, 6.45) is 5.78. The Morgan fingerprint density at radius 3 is 2.25 bits per heavy atom. The van der Waals surface area contributed by atoms with Crippen molar-refractivity contribution in [2.75, 3.05) is 5.32 Å². The fourth-order valence-corrected chi connectivity index (χ4v) is 3.12. The van der Waals surface area contributed by atoms with Crippen molar-refractivity contribution in [3.05, 3.63) is 29.8 Å². The summed E-state index contributed by atoms with van der Waals surface area (Å²) in [4.78, 5) is 24.0. The molecule has 3 N–H and O–H groups in total. The summed E-state index contributed by atoms with van der Waals surface area (Å²) in [5.41, 5.74) is 1.30. The summed E-state index contributed by atoms with van der Waals surface area (Å²) >= 11 is 0. The Balaban J connectivity index is 1.84. The van der Waals surface area contributed by atoms with E-state index in [-0.39, 0.29) is 24.0 Å². The molecule has 1 aromatic carbocycles. The highest BCUT2D eigenvalue weighted by molar-refractivity contribution is 5.95. The smallest absolute Gasteiger partial charge is 0.319 e. The van der Waals surface area contributed by atoms with E-state index < -0.39 is 0 Å². The summed E-state index contributed by atoms with van der Waals surface area (Å²) in [5.74, 6) is 0.786. The minimum absolute atomic E-state index is 0.0341. The predicted molar refractivity (Wildman–Crippen MR) is 97.2 cm³/mol. The van der Waals surface area contributed by atoms with Gasteiger partial charge in [0.2, 0.25) is 0 Å². The van der Waals surface area contributed by atoms with E-state index in [0.717, 1.165) is 18.8 Å². The van der Waals surface area contributed by atoms with Crippen LogP contribution < -0.4 is 16.0 Å². The molecule has 1 fully saturated rings. The quantitative estimate of drug-likeness (QED) is 0.765. The summed E-state index contributed by atoms with van der Waals surface area (Å²) < 4.78 is 0. The molecule has 2 rings (SSSR count). The highest BCUT2D eigenvalue weighted by atomic mass is 16.2. The Labute approximate surface area is 144 Å². The molecule has 1 aliphatic rings. The minimum atomic E-state index is -0.241. The molecule has 5 nitrogen and oxygen atoms in total. The molecule has 0 radical (unpaired) electrons. The van der Waals surface area contributed by atoms with Crippen LogP contribution in [0.15, 0.2) is 24.3 Å². The largest absolute Gasteiger partial charge is 0.349 e. The molecule has 0 aliphatic heterocycles. The molecule has 3 amide bonds. The van der Waals surface area contributed by atoms with Crippen LogP contribution in [0.2, 0.25) is 0 Å². The molecule has 0 saturated heterocycles. The third kappa shape index (κ3) is 5.55. The highest BCUT2D eigenvalue weighted by Crippen LogP contribution is 2.26. The fraction of sp³-hybridized carbons (Fsp3) is 0.579. The van der Waals surface area contributed by atoms with Crippen LogP contribution in [-0.2, 0) is 0 Å². The van der Waals surface area contributed by atoms with Gasteiger partial charge >= 0.3 is 6.03 Å². The van der Waals surface area contributed by atoms with E-state index in [1.54, 1.807) is 24.3 Å². The third-order valence-corrected chi connectivity index (χ3v) is 4.58. The van der Waals surface area contributed by atoms with Crippen molar-refractivity contribution in [2.24, 2.45) is 5.92 Å². The average molecular weight is 331 g/mol. The number of hydrogen-bond donors (Lipinski definition) is 3. The van der Waals surface area contributed by atoms with Crippen LogP contribution in [0.1, 0.15) is 63.2 Å². The molecular weight excluding hydrogens is 302 g/mol. The van der Waals surface area contributed by atoms with Crippen LogP contribution in [0, 0.1) is 5.92 Å². The second kappa shape index (κ2) is 8.71. The zero-order valence-corrected chi connectivity index (χ0v) is 14.9. The van der Waals surface area contributed by atoms with Gasteiger partial charge in [-0.1, -0.05) is 13.3 Å². The van der Waals surface area contributed by atoms with Crippen molar-refractivity contribution >= 4 is 17.6 Å². The lowest BCUT2D eigenvalue weighted by Crippen LogP contribution is -2.37. The predicted octanol–water partition coefficient (Wildman–Crippen LogP) is 3.92. The maximum absolute atomic E-state index is 12.3. The van der Waals surface area contributed by atoms with Crippen LogP contribution in [0.3, 0.4) is 0 Å². The first-order valence-electron chi connectivity index (χ1n) is 8.96. The molecule has 0 spiro atoms. The first kappa shape index (κ1) is 18.3. The van der Waals surface area contributed by atoms with E-state index in [1.165, 1.54) is 19.3 Å². The van der Waals surface area contributed by atoms with Crippen molar-refractivity contribution in [3.63, 3.8) is 0 Å². The van der Waals surface area contributed by atoms with Crippen LogP contribution in [0.4, 0.5) is 10.5 Å². The Bertz CT molecular complexity index is 546. The minimum Gasteiger partial charge on any atom is -0.349 e. The molecule has 0 aromatic heterocycles. The fourth-order valence-electron chi connectivity index (χ4n) is 3.12. The zero-order valence-electron chi connectivity index (χ0n) is 14.9. The van der Waals surface area contributed by atoms with Gasteiger partial charge in [-0.05, 0) is 69.7 Å². The van der Waals surface area contributed by atoms with Gasteiger partial charge in [0.1, 0.15) is 0 Å². The first-order chi connectivity index (χ1) is 11.5. The molecule has 24 heavy (non-hydrogen) atoms. The van der Waals surface area contributed by atoms with Crippen LogP contribution in [0.5, 0.6) is 0 Å². The number of amides is 3. The Kier molecular flexibility index (Phi) is 6.64. The first-order valence-corrected chi connectivity index (χ1v) is 8.96. The molecule has 0 bridgehead atoms. The van der Waals surface area contributed by atoms with Gasteiger partial charge in [0.15, 0.2) is 0 Å². The Morgan fingerprint density at radius 2 is 1.71 bits per heavy atom. The number of rotatable bonds is 5. The van der Waals surface area contributed by atoms with E-state index in [0.29, 0.717) is 11.3 Å². The van der Waals surface area contributed by atoms with Gasteiger partial charge in [-0.3, -0.25) is 4.79 Å². The van der Waals surface area contributed by atoms with Crippen molar-refractivity contribution in [1.29, 1.82) is 0 Å². The number of carbonyl (C=O) groups is 2. The topological polar surface area (TPSA) is 70.2 Å². The summed E-state index contributed by atoms with van der Waals surface area (Å²) in [7, 11) is 0. The van der Waals surface area contributed by atoms with Gasteiger partial charge < -0.3 is 16.0 Å². The number of urea groups is 1. The standard InChI is InChI=1S/C19H29N3O2/c1-4-14-5-9-16(10-6-14)21-18(23)15-7-11-17(12-8-15)22-19(24)20-13(2)3/h7-8,11-14,16H,4-6,9-10H2,1-3H3,(H,21,23)(H2,20,22,24). The molecule has 1 aliphatic carbocycles. The van der Waals surface area contributed by atoms with Crippen LogP contribution in [0.25, 0.3) is 0 Å². The van der Waals surface area contributed by atoms with Crippen LogP contribution in [-0.4, -0.2) is 24.0 Å².